The molecule has 0 amide bonds. The molecule has 62 valence electrons. The zero-order valence-electron chi connectivity index (χ0n) is 6.65. The second-order valence-electron chi connectivity index (χ2n) is 2.28. The first-order valence-corrected chi connectivity index (χ1v) is 3.45. The Balaban J connectivity index is 2.77. The number of rotatable bonds is 1. The highest BCUT2D eigenvalue weighted by Crippen LogP contribution is 2.08. The molecule has 12 heavy (non-hydrogen) atoms. The van der Waals surface area contributed by atoms with Gasteiger partial charge in [-0.1, -0.05) is 6.08 Å². The fourth-order valence-corrected chi connectivity index (χ4v) is 0.880. The second kappa shape index (κ2) is 3.64. The van der Waals surface area contributed by atoms with E-state index in [2.05, 4.69) is 9.53 Å². The number of hydrogen-bond donors (Lipinski definition) is 0. The number of hydrogen-bond acceptors (Lipinski definition) is 2. The van der Waals surface area contributed by atoms with Gasteiger partial charge in [-0.2, -0.15) is 4.79 Å². The number of esters is 1. The van der Waals surface area contributed by atoms with Gasteiger partial charge in [-0.15, -0.1) is 0 Å². The number of allylic oxidation sites excluding steroid dienone is 2. The Kier molecular flexibility index (Phi) is 2.56. The van der Waals surface area contributed by atoms with Crippen molar-refractivity contribution < 1.29 is 14.3 Å². The largest absolute Gasteiger partial charge is 0.465 e. The van der Waals surface area contributed by atoms with Crippen LogP contribution in [0.2, 0.25) is 0 Å². The molecular formula is C8H8N2O2. The van der Waals surface area contributed by atoms with Gasteiger partial charge in [0.25, 0.3) is 5.71 Å². The minimum Gasteiger partial charge on any atom is -0.465 e. The van der Waals surface area contributed by atoms with E-state index in [1.54, 1.807) is 18.2 Å². The number of ether oxygens (including phenoxy) is 1. The molecule has 1 aliphatic rings. The summed E-state index contributed by atoms with van der Waals surface area (Å²) in [7, 11) is 1.33. The number of carbonyl (C=O) groups excluding carboxylic acids is 1. The van der Waals surface area contributed by atoms with Crippen LogP contribution in [0.3, 0.4) is 0 Å². The number of carbonyl (C=O) groups is 1. The van der Waals surface area contributed by atoms with E-state index >= 15 is 0 Å². The standard InChI is InChI=1S/C8H8N2O2/c1-12-8(11)6-2-4-7(10-9)5-3-6/h2-4H,5H2,1H3. The van der Waals surface area contributed by atoms with E-state index in [0.717, 1.165) is 0 Å². The van der Waals surface area contributed by atoms with Crippen LogP contribution < -0.4 is 0 Å². The van der Waals surface area contributed by atoms with Gasteiger partial charge in [-0.05, 0) is 6.08 Å². The van der Waals surface area contributed by atoms with Crippen molar-refractivity contribution >= 4 is 11.7 Å². The third-order valence-corrected chi connectivity index (χ3v) is 1.54. The monoisotopic (exact) mass is 164 g/mol. The van der Waals surface area contributed by atoms with Crippen molar-refractivity contribution in [1.82, 2.24) is 0 Å². The van der Waals surface area contributed by atoms with Gasteiger partial charge >= 0.3 is 5.97 Å². The zero-order chi connectivity index (χ0) is 8.97. The molecule has 0 aliphatic heterocycles. The summed E-state index contributed by atoms with van der Waals surface area (Å²) in [4.78, 5) is 13.9. The molecule has 0 atom stereocenters. The van der Waals surface area contributed by atoms with E-state index in [1.165, 1.54) is 7.11 Å². The smallest absolute Gasteiger partial charge is 0.337 e. The quantitative estimate of drug-likeness (QED) is 0.325. The van der Waals surface area contributed by atoms with Crippen LogP contribution in [-0.2, 0) is 9.53 Å². The minimum atomic E-state index is -0.372. The van der Waals surface area contributed by atoms with Crippen LogP contribution in [0.25, 0.3) is 5.53 Å². The average Bonchev–Trinajstić information content (AvgIpc) is 2.17. The van der Waals surface area contributed by atoms with Gasteiger partial charge in [-0.25, -0.2) is 4.79 Å². The van der Waals surface area contributed by atoms with Crippen molar-refractivity contribution in [3.8, 4) is 0 Å². The highest BCUT2D eigenvalue weighted by molar-refractivity contribution is 6.00. The molecule has 4 nitrogen and oxygen atoms in total. The van der Waals surface area contributed by atoms with Crippen LogP contribution in [0.15, 0.2) is 23.8 Å². The maximum atomic E-state index is 10.9. The molecule has 0 saturated heterocycles. The SMILES string of the molecule is COC(=O)C1=CCC(=[N+]=[N-])C=C1. The summed E-state index contributed by atoms with van der Waals surface area (Å²) in [5, 5.41) is 0. The lowest BCUT2D eigenvalue weighted by Gasteiger charge is -2.01. The van der Waals surface area contributed by atoms with Gasteiger partial charge in [0.2, 0.25) is 0 Å². The van der Waals surface area contributed by atoms with Crippen LogP contribution in [0.4, 0.5) is 0 Å². The Labute approximate surface area is 69.8 Å². The summed E-state index contributed by atoms with van der Waals surface area (Å²) >= 11 is 0. The first-order chi connectivity index (χ1) is 5.77. The van der Waals surface area contributed by atoms with E-state index in [9.17, 15) is 4.79 Å². The fraction of sp³-hybridized carbons (Fsp3) is 0.250. The van der Waals surface area contributed by atoms with Crippen LogP contribution in [0, 0.1) is 0 Å². The maximum Gasteiger partial charge on any atom is 0.337 e. The lowest BCUT2D eigenvalue weighted by Crippen LogP contribution is -2.07. The zero-order valence-corrected chi connectivity index (χ0v) is 6.65. The molecule has 0 saturated carbocycles. The summed E-state index contributed by atoms with van der Waals surface area (Å²) in [6.45, 7) is 0. The summed E-state index contributed by atoms with van der Waals surface area (Å²) in [5.41, 5.74) is 9.39. The molecule has 0 fully saturated rings. The first kappa shape index (κ1) is 8.43. The highest BCUT2D eigenvalue weighted by Gasteiger charge is 2.13. The van der Waals surface area contributed by atoms with E-state index in [0.29, 0.717) is 17.7 Å². The number of nitrogens with zero attached hydrogens (tertiary/aromatic N) is 2. The fourth-order valence-electron chi connectivity index (χ4n) is 0.880. The molecule has 0 radical (unpaired) electrons. The maximum absolute atomic E-state index is 10.9. The molecule has 0 heterocycles. The molecule has 0 N–H and O–H groups in total. The van der Waals surface area contributed by atoms with E-state index in [1.807, 2.05) is 0 Å². The van der Waals surface area contributed by atoms with Crippen LogP contribution >= 0.6 is 0 Å². The van der Waals surface area contributed by atoms with Gasteiger partial charge in [0, 0.05) is 6.08 Å². The van der Waals surface area contributed by atoms with Gasteiger partial charge in [0.15, 0.2) is 0 Å². The Morgan fingerprint density at radius 3 is 2.83 bits per heavy atom. The molecule has 4 heteroatoms. The van der Waals surface area contributed by atoms with Crippen molar-refractivity contribution in [3.63, 3.8) is 0 Å². The molecular weight excluding hydrogens is 156 g/mol. The second-order valence-corrected chi connectivity index (χ2v) is 2.28. The minimum absolute atomic E-state index is 0.372. The van der Waals surface area contributed by atoms with E-state index < -0.39 is 0 Å². The molecule has 0 unspecified atom stereocenters. The lowest BCUT2D eigenvalue weighted by atomic mass is 10.1. The Bertz CT molecular complexity index is 309. The summed E-state index contributed by atoms with van der Waals surface area (Å²) in [5.74, 6) is -0.372. The van der Waals surface area contributed by atoms with Crippen LogP contribution in [0.1, 0.15) is 6.42 Å². The molecule has 0 aromatic heterocycles. The Hall–Kier alpha value is -1.67. The molecule has 0 aromatic carbocycles. The van der Waals surface area contributed by atoms with Gasteiger partial charge in [0.1, 0.15) is 0 Å². The molecule has 0 bridgehead atoms. The van der Waals surface area contributed by atoms with Crippen LogP contribution in [0.5, 0.6) is 0 Å². The van der Waals surface area contributed by atoms with Gasteiger partial charge in [0.05, 0.1) is 19.1 Å². The van der Waals surface area contributed by atoms with Crippen LogP contribution in [-0.4, -0.2) is 23.6 Å². The van der Waals surface area contributed by atoms with Crippen molar-refractivity contribution in [3.05, 3.63) is 29.3 Å². The topological polar surface area (TPSA) is 62.7 Å². The summed E-state index contributed by atoms with van der Waals surface area (Å²) in [6, 6.07) is 0. The highest BCUT2D eigenvalue weighted by atomic mass is 16.5. The molecule has 0 spiro atoms. The van der Waals surface area contributed by atoms with Crippen molar-refractivity contribution in [2.75, 3.05) is 7.11 Å². The normalized spacial score (nSPS) is 15.1. The number of methoxy groups -OCH3 is 1. The third kappa shape index (κ3) is 1.68. The van der Waals surface area contributed by atoms with E-state index in [-0.39, 0.29) is 5.97 Å². The van der Waals surface area contributed by atoms with Crippen molar-refractivity contribution in [2.45, 2.75) is 6.42 Å². The van der Waals surface area contributed by atoms with Crippen molar-refractivity contribution in [1.29, 1.82) is 0 Å². The third-order valence-electron chi connectivity index (χ3n) is 1.54. The lowest BCUT2D eigenvalue weighted by molar-refractivity contribution is -0.135. The predicted octanol–water partition coefficient (Wildman–Crippen LogP) is 0.716. The van der Waals surface area contributed by atoms with E-state index in [4.69, 9.17) is 5.53 Å². The van der Waals surface area contributed by atoms with Gasteiger partial charge < -0.3 is 10.3 Å². The molecule has 1 aliphatic carbocycles. The molecule has 1 rings (SSSR count). The Morgan fingerprint density at radius 1 is 1.67 bits per heavy atom. The van der Waals surface area contributed by atoms with Gasteiger partial charge in [-0.3, -0.25) is 0 Å². The van der Waals surface area contributed by atoms with Crippen molar-refractivity contribution in [2.24, 2.45) is 0 Å². The predicted molar refractivity (Wildman–Crippen MR) is 42.5 cm³/mol. The molecule has 0 aromatic rings. The first-order valence-electron chi connectivity index (χ1n) is 3.45. The Morgan fingerprint density at radius 2 is 2.42 bits per heavy atom. The summed E-state index contributed by atoms with van der Waals surface area (Å²) in [6.07, 6.45) is 5.24. The average molecular weight is 164 g/mol. The summed E-state index contributed by atoms with van der Waals surface area (Å²) < 4.78 is 4.50.